The summed E-state index contributed by atoms with van der Waals surface area (Å²) in [5, 5.41) is 11.0. The van der Waals surface area contributed by atoms with Crippen LogP contribution in [0.4, 0.5) is 0 Å². The fraction of sp³-hybridized carbons (Fsp3) is 0.467. The highest BCUT2D eigenvalue weighted by atomic mass is 16.5. The lowest BCUT2D eigenvalue weighted by Gasteiger charge is -2.11. The van der Waals surface area contributed by atoms with Gasteiger partial charge in [0.2, 0.25) is 5.91 Å². The van der Waals surface area contributed by atoms with Gasteiger partial charge < -0.3 is 15.2 Å². The van der Waals surface area contributed by atoms with E-state index in [9.17, 15) is 9.59 Å². The number of hydrogen-bond acceptors (Lipinski definition) is 3. The Kier molecular flexibility index (Phi) is 6.03. The Bertz CT molecular complexity index is 453. The van der Waals surface area contributed by atoms with E-state index in [0.717, 1.165) is 0 Å². The molecule has 0 aliphatic carbocycles. The third-order valence-electron chi connectivity index (χ3n) is 2.89. The number of rotatable bonds is 7. The Labute approximate surface area is 118 Å². The predicted octanol–water partition coefficient (Wildman–Crippen LogP) is 2.17. The molecule has 0 aliphatic rings. The van der Waals surface area contributed by atoms with Crippen molar-refractivity contribution in [1.82, 2.24) is 5.32 Å². The molecule has 1 atom stereocenters. The Balaban J connectivity index is 2.33. The summed E-state index contributed by atoms with van der Waals surface area (Å²) in [6.07, 6.45) is 0.129. The zero-order valence-corrected chi connectivity index (χ0v) is 12.1. The van der Waals surface area contributed by atoms with E-state index in [1.165, 1.54) is 12.5 Å². The van der Waals surface area contributed by atoms with Crippen LogP contribution in [0.5, 0.6) is 5.75 Å². The number of carboxylic acid groups (broad SMARTS) is 1. The van der Waals surface area contributed by atoms with Crippen molar-refractivity contribution in [2.45, 2.75) is 39.2 Å². The normalized spacial score (nSPS) is 12.0. The summed E-state index contributed by atoms with van der Waals surface area (Å²) in [6.45, 7) is 5.87. The Morgan fingerprint density at radius 1 is 1.20 bits per heavy atom. The number of carbonyl (C=O) groups is 2. The van der Waals surface area contributed by atoms with Crippen molar-refractivity contribution in [2.75, 3.05) is 6.61 Å². The lowest BCUT2D eigenvalue weighted by atomic mass is 10.0. The minimum absolute atomic E-state index is 0.129. The quantitative estimate of drug-likeness (QED) is 0.802. The van der Waals surface area contributed by atoms with Crippen molar-refractivity contribution in [3.63, 3.8) is 0 Å². The molecule has 1 amide bonds. The predicted molar refractivity (Wildman–Crippen MR) is 75.9 cm³/mol. The van der Waals surface area contributed by atoms with Crippen LogP contribution >= 0.6 is 0 Å². The number of aliphatic carboxylic acids is 1. The molecule has 0 heterocycles. The fourth-order valence-corrected chi connectivity index (χ4v) is 1.59. The maximum Gasteiger partial charge on any atom is 0.325 e. The maximum atomic E-state index is 11.4. The number of nitrogens with one attached hydrogen (secondary N) is 1. The van der Waals surface area contributed by atoms with Gasteiger partial charge in [0.15, 0.2) is 0 Å². The van der Waals surface area contributed by atoms with E-state index in [1.54, 1.807) is 0 Å². The molecule has 1 aromatic carbocycles. The van der Waals surface area contributed by atoms with Crippen LogP contribution in [0.3, 0.4) is 0 Å². The maximum absolute atomic E-state index is 11.4. The van der Waals surface area contributed by atoms with Crippen LogP contribution in [-0.4, -0.2) is 29.6 Å². The van der Waals surface area contributed by atoms with Gasteiger partial charge in [0.25, 0.3) is 0 Å². The van der Waals surface area contributed by atoms with Gasteiger partial charge in [-0.25, -0.2) is 0 Å². The van der Waals surface area contributed by atoms with Gasteiger partial charge >= 0.3 is 5.97 Å². The SMILES string of the molecule is CC(C)c1ccc(OCCC(=O)N[C@H](C)C(=O)O)cc1. The van der Waals surface area contributed by atoms with Crippen molar-refractivity contribution in [3.8, 4) is 5.75 Å². The number of ether oxygens (including phenoxy) is 1. The molecule has 1 rings (SSSR count). The minimum Gasteiger partial charge on any atom is -0.493 e. The van der Waals surface area contributed by atoms with E-state index in [4.69, 9.17) is 9.84 Å². The van der Waals surface area contributed by atoms with Crippen LogP contribution in [0.25, 0.3) is 0 Å². The second-order valence-electron chi connectivity index (χ2n) is 4.95. The standard InChI is InChI=1S/C15H21NO4/c1-10(2)12-4-6-13(7-5-12)20-9-8-14(17)16-11(3)15(18)19/h4-7,10-11H,8-9H2,1-3H3,(H,16,17)(H,18,19)/t11-/m1/s1. The molecular formula is C15H21NO4. The molecule has 0 aromatic heterocycles. The summed E-state index contributed by atoms with van der Waals surface area (Å²) in [5.74, 6) is -0.219. The third-order valence-corrected chi connectivity index (χ3v) is 2.89. The van der Waals surface area contributed by atoms with Crippen molar-refractivity contribution in [2.24, 2.45) is 0 Å². The highest BCUT2D eigenvalue weighted by Crippen LogP contribution is 2.18. The molecule has 0 radical (unpaired) electrons. The smallest absolute Gasteiger partial charge is 0.325 e. The first kappa shape index (κ1) is 16.0. The highest BCUT2D eigenvalue weighted by Gasteiger charge is 2.13. The zero-order valence-electron chi connectivity index (χ0n) is 12.1. The summed E-state index contributed by atoms with van der Waals surface area (Å²) < 4.78 is 5.45. The molecule has 0 aliphatic heterocycles. The molecule has 0 unspecified atom stereocenters. The van der Waals surface area contributed by atoms with Gasteiger partial charge in [0, 0.05) is 0 Å². The van der Waals surface area contributed by atoms with E-state index in [1.807, 2.05) is 24.3 Å². The average molecular weight is 279 g/mol. The molecule has 0 saturated heterocycles. The number of benzene rings is 1. The van der Waals surface area contributed by atoms with Gasteiger partial charge in [-0.2, -0.15) is 0 Å². The Hall–Kier alpha value is -2.04. The summed E-state index contributed by atoms with van der Waals surface area (Å²) >= 11 is 0. The molecule has 110 valence electrons. The van der Waals surface area contributed by atoms with Crippen molar-refractivity contribution < 1.29 is 19.4 Å². The van der Waals surface area contributed by atoms with Crippen molar-refractivity contribution in [1.29, 1.82) is 0 Å². The second-order valence-corrected chi connectivity index (χ2v) is 4.95. The summed E-state index contributed by atoms with van der Waals surface area (Å²) in [7, 11) is 0. The molecule has 2 N–H and O–H groups in total. The van der Waals surface area contributed by atoms with Crippen molar-refractivity contribution in [3.05, 3.63) is 29.8 Å². The van der Waals surface area contributed by atoms with Crippen LogP contribution < -0.4 is 10.1 Å². The molecule has 0 spiro atoms. The molecule has 5 heteroatoms. The molecule has 0 saturated carbocycles. The number of carboxylic acids is 1. The van der Waals surface area contributed by atoms with Crippen LogP contribution in [0, 0.1) is 0 Å². The topological polar surface area (TPSA) is 75.6 Å². The van der Waals surface area contributed by atoms with Gasteiger partial charge in [-0.3, -0.25) is 9.59 Å². The Morgan fingerprint density at radius 2 is 1.80 bits per heavy atom. The number of amides is 1. The van der Waals surface area contributed by atoms with Gasteiger partial charge in [0.1, 0.15) is 11.8 Å². The first-order chi connectivity index (χ1) is 9.40. The minimum atomic E-state index is -1.05. The van der Waals surface area contributed by atoms with E-state index >= 15 is 0 Å². The number of hydrogen-bond donors (Lipinski definition) is 2. The summed E-state index contributed by atoms with van der Waals surface area (Å²) in [4.78, 5) is 22.0. The van der Waals surface area contributed by atoms with E-state index in [-0.39, 0.29) is 18.9 Å². The van der Waals surface area contributed by atoms with E-state index in [2.05, 4.69) is 19.2 Å². The zero-order chi connectivity index (χ0) is 15.1. The van der Waals surface area contributed by atoms with E-state index < -0.39 is 12.0 Å². The lowest BCUT2D eigenvalue weighted by Crippen LogP contribution is -2.38. The monoisotopic (exact) mass is 279 g/mol. The highest BCUT2D eigenvalue weighted by molar-refractivity contribution is 5.83. The van der Waals surface area contributed by atoms with Gasteiger partial charge in [-0.15, -0.1) is 0 Å². The molecular weight excluding hydrogens is 258 g/mol. The third kappa shape index (κ3) is 5.30. The fourth-order valence-electron chi connectivity index (χ4n) is 1.59. The lowest BCUT2D eigenvalue weighted by molar-refractivity contribution is -0.141. The molecule has 1 aromatic rings. The molecule has 5 nitrogen and oxygen atoms in total. The molecule has 0 fully saturated rings. The Morgan fingerprint density at radius 3 is 2.30 bits per heavy atom. The van der Waals surface area contributed by atoms with Crippen LogP contribution in [0.2, 0.25) is 0 Å². The first-order valence-corrected chi connectivity index (χ1v) is 6.65. The molecule has 20 heavy (non-hydrogen) atoms. The van der Waals surface area contributed by atoms with Gasteiger partial charge in [-0.05, 0) is 30.5 Å². The van der Waals surface area contributed by atoms with Crippen LogP contribution in [0.15, 0.2) is 24.3 Å². The van der Waals surface area contributed by atoms with Gasteiger partial charge in [0.05, 0.1) is 13.0 Å². The van der Waals surface area contributed by atoms with E-state index in [0.29, 0.717) is 11.7 Å². The first-order valence-electron chi connectivity index (χ1n) is 6.65. The van der Waals surface area contributed by atoms with Crippen LogP contribution in [-0.2, 0) is 9.59 Å². The average Bonchev–Trinajstić information content (AvgIpc) is 2.39. The summed E-state index contributed by atoms with van der Waals surface area (Å²) in [5.41, 5.74) is 1.23. The van der Waals surface area contributed by atoms with Crippen LogP contribution in [0.1, 0.15) is 38.7 Å². The largest absolute Gasteiger partial charge is 0.493 e. The second kappa shape index (κ2) is 7.53. The number of carbonyl (C=O) groups excluding carboxylic acids is 1. The summed E-state index contributed by atoms with van der Waals surface area (Å²) in [6, 6.07) is 6.84. The van der Waals surface area contributed by atoms with Gasteiger partial charge in [-0.1, -0.05) is 26.0 Å². The van der Waals surface area contributed by atoms with Crippen molar-refractivity contribution >= 4 is 11.9 Å². The molecule has 0 bridgehead atoms.